The Morgan fingerprint density at radius 3 is 1.59 bits per heavy atom. The fourth-order valence-electron chi connectivity index (χ4n) is 4.97. The highest BCUT2D eigenvalue weighted by Gasteiger charge is 2.28. The van der Waals surface area contributed by atoms with Crippen LogP contribution >= 0.6 is 0 Å². The lowest BCUT2D eigenvalue weighted by molar-refractivity contribution is -0.140. The van der Waals surface area contributed by atoms with E-state index < -0.39 is 0 Å². The highest BCUT2D eigenvalue weighted by molar-refractivity contribution is 5.87. The summed E-state index contributed by atoms with van der Waals surface area (Å²) >= 11 is 0. The molecule has 0 saturated heterocycles. The molecule has 2 heterocycles. The zero-order valence-electron chi connectivity index (χ0n) is 24.8. The number of carbonyl (C=O) groups excluding carboxylic acids is 2. The first-order valence-corrected chi connectivity index (χ1v) is 14.2. The maximum atomic E-state index is 11.6. The monoisotopic (exact) mass is 562 g/mol. The first kappa shape index (κ1) is 30.3. The van der Waals surface area contributed by atoms with Crippen LogP contribution in [0.2, 0.25) is 0 Å². The van der Waals surface area contributed by atoms with Crippen molar-refractivity contribution < 1.29 is 28.5 Å². The number of hydrogen-bond acceptors (Lipinski definition) is 8. The number of esters is 2. The molecule has 0 aliphatic carbocycles. The van der Waals surface area contributed by atoms with Gasteiger partial charge < -0.3 is 18.9 Å². The van der Waals surface area contributed by atoms with Crippen LogP contribution in [0.5, 0.6) is 11.5 Å². The van der Waals surface area contributed by atoms with E-state index in [1.54, 1.807) is 13.8 Å². The van der Waals surface area contributed by atoms with Crippen molar-refractivity contribution in [1.29, 1.82) is 0 Å². The molecule has 0 atom stereocenters. The molecule has 0 spiro atoms. The second-order valence-electron chi connectivity index (χ2n) is 11.5. The minimum atomic E-state index is -0.347. The van der Waals surface area contributed by atoms with Gasteiger partial charge in [-0.1, -0.05) is 39.1 Å². The number of benzene rings is 2. The van der Waals surface area contributed by atoms with Crippen LogP contribution in [0.1, 0.15) is 62.8 Å². The van der Waals surface area contributed by atoms with Gasteiger partial charge in [0.15, 0.2) is 0 Å². The fourth-order valence-corrected chi connectivity index (χ4v) is 4.97. The Morgan fingerprint density at radius 1 is 0.780 bits per heavy atom. The van der Waals surface area contributed by atoms with Crippen LogP contribution in [0.15, 0.2) is 60.7 Å². The number of carbonyl (C=O) groups is 2. The summed E-state index contributed by atoms with van der Waals surface area (Å²) in [4.78, 5) is 27.7. The average molecular weight is 563 g/mol. The predicted molar refractivity (Wildman–Crippen MR) is 158 cm³/mol. The van der Waals surface area contributed by atoms with Crippen molar-refractivity contribution in [1.82, 2.24) is 9.80 Å². The molecule has 41 heavy (non-hydrogen) atoms. The van der Waals surface area contributed by atoms with Crippen LogP contribution in [0.4, 0.5) is 0 Å². The van der Waals surface area contributed by atoms with E-state index in [0.717, 1.165) is 61.6 Å². The van der Waals surface area contributed by atoms with Crippen LogP contribution in [0, 0.1) is 0 Å². The van der Waals surface area contributed by atoms with Gasteiger partial charge in [-0.3, -0.25) is 9.80 Å². The molecule has 4 rings (SSSR count). The van der Waals surface area contributed by atoms with Crippen LogP contribution in [0.3, 0.4) is 0 Å². The molecular formula is C33H42N2O6. The molecule has 2 aromatic carbocycles. The maximum Gasteiger partial charge on any atom is 0.333 e. The van der Waals surface area contributed by atoms with E-state index in [2.05, 4.69) is 73.2 Å². The smallest absolute Gasteiger partial charge is 0.333 e. The van der Waals surface area contributed by atoms with Gasteiger partial charge in [0.25, 0.3) is 0 Å². The van der Waals surface area contributed by atoms with Crippen LogP contribution in [0.25, 0.3) is 0 Å². The standard InChI is InChI=1S/C33H42N2O6/c1-23(2)31(36)38-15-7-13-34-19-25-17-27(9-11-29(25)40-21-34)33(5,6)28-10-12-30-26(18-28)20-35(22-41-30)14-8-16-39-32(37)24(3)4/h9-12,17-18H,1,3,7-8,13-16,19-22H2,2,4-6H3. The maximum absolute atomic E-state index is 11.6. The topological polar surface area (TPSA) is 77.5 Å². The van der Waals surface area contributed by atoms with Crippen molar-refractivity contribution in [2.75, 3.05) is 39.8 Å². The Hall–Kier alpha value is -3.62. The highest BCUT2D eigenvalue weighted by Crippen LogP contribution is 2.38. The Balaban J connectivity index is 1.37. The van der Waals surface area contributed by atoms with Crippen LogP contribution in [-0.4, -0.2) is 61.5 Å². The Bertz CT molecular complexity index is 1200. The molecule has 0 aromatic heterocycles. The number of ether oxygens (including phenoxy) is 4. The Kier molecular flexibility index (Phi) is 9.89. The van der Waals surface area contributed by atoms with E-state index >= 15 is 0 Å². The third-order valence-corrected chi connectivity index (χ3v) is 7.56. The minimum absolute atomic E-state index is 0.234. The molecule has 2 aliphatic heterocycles. The summed E-state index contributed by atoms with van der Waals surface area (Å²) in [5, 5.41) is 0. The molecule has 220 valence electrons. The number of hydrogen-bond donors (Lipinski definition) is 0. The second-order valence-corrected chi connectivity index (χ2v) is 11.5. The molecule has 0 bridgehead atoms. The second kappa shape index (κ2) is 13.4. The third-order valence-electron chi connectivity index (χ3n) is 7.56. The van der Waals surface area contributed by atoms with E-state index in [4.69, 9.17) is 18.9 Å². The summed E-state index contributed by atoms with van der Waals surface area (Å²) < 4.78 is 22.5. The molecule has 0 saturated carbocycles. The first-order chi connectivity index (χ1) is 19.5. The molecular weight excluding hydrogens is 520 g/mol. The number of rotatable bonds is 12. The molecule has 8 nitrogen and oxygen atoms in total. The van der Waals surface area contributed by atoms with E-state index in [1.165, 1.54) is 11.1 Å². The van der Waals surface area contributed by atoms with E-state index in [-0.39, 0.29) is 17.4 Å². The number of nitrogens with zero attached hydrogens (tertiary/aromatic N) is 2. The summed E-state index contributed by atoms with van der Waals surface area (Å²) in [6, 6.07) is 12.9. The van der Waals surface area contributed by atoms with Crippen molar-refractivity contribution in [3.63, 3.8) is 0 Å². The molecule has 0 unspecified atom stereocenters. The zero-order chi connectivity index (χ0) is 29.6. The summed E-state index contributed by atoms with van der Waals surface area (Å²) in [5.74, 6) is 1.14. The van der Waals surface area contributed by atoms with E-state index in [1.807, 2.05) is 0 Å². The normalized spacial score (nSPS) is 15.1. The molecule has 2 aromatic rings. The van der Waals surface area contributed by atoms with Crippen molar-refractivity contribution in [3.05, 3.63) is 83.0 Å². The minimum Gasteiger partial charge on any atom is -0.478 e. The van der Waals surface area contributed by atoms with Crippen molar-refractivity contribution in [2.24, 2.45) is 0 Å². The molecule has 0 radical (unpaired) electrons. The lowest BCUT2D eigenvalue weighted by Crippen LogP contribution is -2.34. The van der Waals surface area contributed by atoms with Gasteiger partial charge in [0.2, 0.25) is 0 Å². The zero-order valence-corrected chi connectivity index (χ0v) is 24.8. The van der Waals surface area contributed by atoms with Crippen molar-refractivity contribution in [2.45, 2.75) is 59.0 Å². The lowest BCUT2D eigenvalue weighted by Gasteiger charge is -2.33. The van der Waals surface area contributed by atoms with Gasteiger partial charge in [0.05, 0.1) is 13.2 Å². The molecule has 8 heteroatoms. The van der Waals surface area contributed by atoms with Gasteiger partial charge in [-0.25, -0.2) is 9.59 Å². The van der Waals surface area contributed by atoms with Gasteiger partial charge in [0, 0.05) is 53.9 Å². The molecule has 2 aliphatic rings. The SMILES string of the molecule is C=C(C)C(=O)OCCCN1COc2ccc(C(C)(C)c3ccc4c(c3)CN(CCCOC(=O)C(=C)C)CO4)cc2C1. The fraction of sp³-hybridized carbons (Fsp3) is 0.455. The average Bonchev–Trinajstić information content (AvgIpc) is 2.96. The lowest BCUT2D eigenvalue weighted by atomic mass is 9.77. The van der Waals surface area contributed by atoms with Gasteiger partial charge in [0.1, 0.15) is 25.0 Å². The molecule has 0 amide bonds. The highest BCUT2D eigenvalue weighted by atomic mass is 16.5. The van der Waals surface area contributed by atoms with Crippen molar-refractivity contribution in [3.8, 4) is 11.5 Å². The largest absolute Gasteiger partial charge is 0.478 e. The summed E-state index contributed by atoms with van der Waals surface area (Å²) in [5.41, 5.74) is 5.33. The number of fused-ring (bicyclic) bond motifs is 2. The van der Waals surface area contributed by atoms with Crippen molar-refractivity contribution >= 4 is 11.9 Å². The Labute approximate surface area is 243 Å². The van der Waals surface area contributed by atoms with Gasteiger partial charge in [-0.2, -0.15) is 0 Å². The summed E-state index contributed by atoms with van der Waals surface area (Å²) in [6.07, 6.45) is 1.47. The van der Waals surface area contributed by atoms with Gasteiger partial charge >= 0.3 is 11.9 Å². The van der Waals surface area contributed by atoms with Crippen LogP contribution < -0.4 is 9.47 Å². The first-order valence-electron chi connectivity index (χ1n) is 14.2. The van der Waals surface area contributed by atoms with E-state index in [9.17, 15) is 9.59 Å². The molecule has 0 fully saturated rings. The summed E-state index contributed by atoms with van der Waals surface area (Å²) in [7, 11) is 0. The quantitative estimate of drug-likeness (QED) is 0.195. The predicted octanol–water partition coefficient (Wildman–Crippen LogP) is 5.34. The van der Waals surface area contributed by atoms with E-state index in [0.29, 0.717) is 37.8 Å². The van der Waals surface area contributed by atoms with Crippen LogP contribution in [-0.2, 0) is 37.6 Å². The third kappa shape index (κ3) is 7.77. The Morgan fingerprint density at radius 2 is 1.20 bits per heavy atom. The van der Waals surface area contributed by atoms with Gasteiger partial charge in [-0.15, -0.1) is 0 Å². The molecule has 0 N–H and O–H groups in total. The van der Waals surface area contributed by atoms with Gasteiger partial charge in [-0.05, 0) is 62.1 Å². The summed E-state index contributed by atoms with van der Waals surface area (Å²) in [6.45, 7) is 19.9.